The minimum atomic E-state index is -4.39. The highest BCUT2D eigenvalue weighted by Gasteiger charge is 2.34. The van der Waals surface area contributed by atoms with Crippen molar-refractivity contribution < 1.29 is 17.9 Å². The number of benzene rings is 1. The summed E-state index contributed by atoms with van der Waals surface area (Å²) in [6.07, 6.45) is -3.32. The number of halogens is 3. The predicted octanol–water partition coefficient (Wildman–Crippen LogP) is 3.41. The van der Waals surface area contributed by atoms with Crippen molar-refractivity contribution in [3.63, 3.8) is 0 Å². The molecular formula is C14H18F3NOS. The molecule has 2 atom stereocenters. The average Bonchev–Trinajstić information content (AvgIpc) is 2.93. The summed E-state index contributed by atoms with van der Waals surface area (Å²) in [4.78, 5) is 0. The van der Waals surface area contributed by atoms with Crippen molar-refractivity contribution >= 4 is 11.8 Å². The van der Waals surface area contributed by atoms with Crippen LogP contribution in [0, 0.1) is 11.8 Å². The molecule has 1 aromatic rings. The van der Waals surface area contributed by atoms with Crippen molar-refractivity contribution in [1.82, 2.24) is 0 Å². The van der Waals surface area contributed by atoms with E-state index in [0.717, 1.165) is 24.0 Å². The summed E-state index contributed by atoms with van der Waals surface area (Å²) >= 11 is 1.86. The van der Waals surface area contributed by atoms with Gasteiger partial charge >= 0.3 is 6.18 Å². The molecule has 1 aliphatic rings. The van der Waals surface area contributed by atoms with E-state index in [0.29, 0.717) is 12.5 Å². The van der Waals surface area contributed by atoms with Gasteiger partial charge in [-0.1, -0.05) is 12.1 Å². The molecule has 0 saturated carbocycles. The number of hydrogen-bond donors (Lipinski definition) is 1. The molecule has 1 heterocycles. The molecule has 1 aromatic carbocycles. The smallest absolute Gasteiger partial charge is 0.419 e. The number of thioether (sulfide) groups is 1. The van der Waals surface area contributed by atoms with Gasteiger partial charge in [0.15, 0.2) is 0 Å². The molecule has 1 saturated heterocycles. The summed E-state index contributed by atoms with van der Waals surface area (Å²) in [5, 5.41) is 0. The second kappa shape index (κ2) is 6.72. The molecule has 2 rings (SSSR count). The Kier molecular flexibility index (Phi) is 5.21. The quantitative estimate of drug-likeness (QED) is 0.905. The van der Waals surface area contributed by atoms with Crippen LogP contribution in [0.25, 0.3) is 0 Å². The molecule has 0 aliphatic carbocycles. The summed E-state index contributed by atoms with van der Waals surface area (Å²) in [6, 6.07) is 5.31. The number of hydrogen-bond acceptors (Lipinski definition) is 3. The predicted molar refractivity (Wildman–Crippen MR) is 74.9 cm³/mol. The molecule has 1 fully saturated rings. The minimum Gasteiger partial charge on any atom is -0.493 e. The van der Waals surface area contributed by atoms with Gasteiger partial charge in [0.1, 0.15) is 5.75 Å². The topological polar surface area (TPSA) is 35.2 Å². The maximum atomic E-state index is 12.8. The van der Waals surface area contributed by atoms with E-state index >= 15 is 0 Å². The van der Waals surface area contributed by atoms with Gasteiger partial charge in [0.05, 0.1) is 12.2 Å². The van der Waals surface area contributed by atoms with Crippen molar-refractivity contribution in [2.75, 3.05) is 24.7 Å². The minimum absolute atomic E-state index is 0.107. The van der Waals surface area contributed by atoms with Gasteiger partial charge in [-0.2, -0.15) is 24.9 Å². The van der Waals surface area contributed by atoms with Gasteiger partial charge in [0.2, 0.25) is 0 Å². The summed E-state index contributed by atoms with van der Waals surface area (Å²) < 4.78 is 44.0. The Balaban J connectivity index is 2.02. The third kappa shape index (κ3) is 3.82. The van der Waals surface area contributed by atoms with E-state index in [9.17, 15) is 13.2 Å². The Morgan fingerprint density at radius 2 is 2.10 bits per heavy atom. The summed E-state index contributed by atoms with van der Waals surface area (Å²) in [6.45, 7) is 0.689. The zero-order valence-corrected chi connectivity index (χ0v) is 11.8. The summed E-state index contributed by atoms with van der Waals surface area (Å²) in [5.41, 5.74) is 5.00. The third-order valence-corrected chi connectivity index (χ3v) is 4.77. The fraction of sp³-hybridized carbons (Fsp3) is 0.571. The van der Waals surface area contributed by atoms with E-state index in [2.05, 4.69) is 0 Å². The van der Waals surface area contributed by atoms with E-state index in [4.69, 9.17) is 10.5 Å². The normalized spacial score (nSPS) is 20.9. The molecule has 0 radical (unpaired) electrons. The lowest BCUT2D eigenvalue weighted by molar-refractivity contribution is -0.139. The van der Waals surface area contributed by atoms with Gasteiger partial charge < -0.3 is 10.5 Å². The molecular weight excluding hydrogens is 287 g/mol. The molecule has 20 heavy (non-hydrogen) atoms. The van der Waals surface area contributed by atoms with E-state index in [1.54, 1.807) is 6.07 Å². The molecule has 2 N–H and O–H groups in total. The summed E-state index contributed by atoms with van der Waals surface area (Å²) in [7, 11) is 0. The van der Waals surface area contributed by atoms with E-state index in [-0.39, 0.29) is 18.3 Å². The van der Waals surface area contributed by atoms with Crippen LogP contribution in [0.2, 0.25) is 0 Å². The molecule has 0 aromatic heterocycles. The molecule has 112 valence electrons. The number of ether oxygens (including phenoxy) is 1. The van der Waals surface area contributed by atoms with Crippen LogP contribution in [0.5, 0.6) is 5.75 Å². The second-order valence-electron chi connectivity index (χ2n) is 4.92. The van der Waals surface area contributed by atoms with E-state index in [1.165, 1.54) is 12.1 Å². The lowest BCUT2D eigenvalue weighted by Crippen LogP contribution is -2.29. The highest BCUT2D eigenvalue weighted by molar-refractivity contribution is 7.99. The van der Waals surface area contributed by atoms with Gasteiger partial charge in [-0.3, -0.25) is 0 Å². The van der Waals surface area contributed by atoms with Crippen LogP contribution in [0.1, 0.15) is 12.0 Å². The number of rotatable bonds is 5. The fourth-order valence-corrected chi connectivity index (χ4v) is 3.72. The van der Waals surface area contributed by atoms with Gasteiger partial charge in [0, 0.05) is 5.92 Å². The van der Waals surface area contributed by atoms with Crippen LogP contribution in [0.15, 0.2) is 24.3 Å². The Hall–Kier alpha value is -0.880. The number of alkyl halides is 3. The lowest BCUT2D eigenvalue weighted by atomic mass is 9.93. The van der Waals surface area contributed by atoms with E-state index in [1.807, 2.05) is 11.8 Å². The molecule has 6 heteroatoms. The Labute approximate surface area is 120 Å². The van der Waals surface area contributed by atoms with Crippen molar-refractivity contribution in [1.29, 1.82) is 0 Å². The zero-order chi connectivity index (χ0) is 14.6. The van der Waals surface area contributed by atoms with Crippen molar-refractivity contribution in [3.8, 4) is 5.75 Å². The molecule has 0 bridgehead atoms. The molecule has 2 unspecified atom stereocenters. The van der Waals surface area contributed by atoms with Crippen molar-refractivity contribution in [2.45, 2.75) is 12.6 Å². The molecule has 2 nitrogen and oxygen atoms in total. The van der Waals surface area contributed by atoms with Crippen molar-refractivity contribution in [2.24, 2.45) is 17.6 Å². The fourth-order valence-electron chi connectivity index (χ4n) is 2.34. The van der Waals surface area contributed by atoms with E-state index < -0.39 is 11.7 Å². The van der Waals surface area contributed by atoms with Gasteiger partial charge in [-0.05, 0) is 42.5 Å². The van der Waals surface area contributed by atoms with Crippen LogP contribution in [0.3, 0.4) is 0 Å². The van der Waals surface area contributed by atoms with Crippen LogP contribution < -0.4 is 10.5 Å². The first-order valence-electron chi connectivity index (χ1n) is 6.59. The van der Waals surface area contributed by atoms with Gasteiger partial charge in [-0.15, -0.1) is 0 Å². The summed E-state index contributed by atoms with van der Waals surface area (Å²) in [5.74, 6) is 2.57. The standard InChI is InChI=1S/C14H18F3NOS/c15-14(16,17)12-3-1-2-4-13(12)19-8-11(7-18)10-5-6-20-9-10/h1-4,10-11H,5-9,18H2. The highest BCUT2D eigenvalue weighted by atomic mass is 32.2. The molecule has 0 spiro atoms. The first-order valence-corrected chi connectivity index (χ1v) is 7.74. The Morgan fingerprint density at radius 1 is 1.35 bits per heavy atom. The Bertz CT molecular complexity index is 433. The van der Waals surface area contributed by atoms with Crippen LogP contribution >= 0.6 is 11.8 Å². The zero-order valence-electron chi connectivity index (χ0n) is 11.0. The van der Waals surface area contributed by atoms with Gasteiger partial charge in [-0.25, -0.2) is 0 Å². The SMILES string of the molecule is NCC(COc1ccccc1C(F)(F)F)C1CCSC1. The maximum Gasteiger partial charge on any atom is 0.419 e. The monoisotopic (exact) mass is 305 g/mol. The average molecular weight is 305 g/mol. The van der Waals surface area contributed by atoms with Crippen LogP contribution in [-0.4, -0.2) is 24.7 Å². The highest BCUT2D eigenvalue weighted by Crippen LogP contribution is 2.36. The Morgan fingerprint density at radius 3 is 2.70 bits per heavy atom. The number of para-hydroxylation sites is 1. The van der Waals surface area contributed by atoms with Gasteiger partial charge in [0.25, 0.3) is 0 Å². The lowest BCUT2D eigenvalue weighted by Gasteiger charge is -2.22. The van der Waals surface area contributed by atoms with Crippen LogP contribution in [-0.2, 0) is 6.18 Å². The maximum absolute atomic E-state index is 12.8. The van der Waals surface area contributed by atoms with Crippen molar-refractivity contribution in [3.05, 3.63) is 29.8 Å². The van der Waals surface area contributed by atoms with Crippen LogP contribution in [0.4, 0.5) is 13.2 Å². The largest absolute Gasteiger partial charge is 0.493 e. The molecule has 1 aliphatic heterocycles. The first kappa shape index (κ1) is 15.5. The first-order chi connectivity index (χ1) is 9.52. The second-order valence-corrected chi connectivity index (χ2v) is 6.07. The third-order valence-electron chi connectivity index (χ3n) is 3.58. The number of nitrogens with two attached hydrogens (primary N) is 1. The molecule has 0 amide bonds.